The van der Waals surface area contributed by atoms with Crippen molar-refractivity contribution < 1.29 is 15.3 Å². The first-order valence-corrected chi connectivity index (χ1v) is 3.67. The maximum atomic E-state index is 9.23. The van der Waals surface area contributed by atoms with Gasteiger partial charge in [0.2, 0.25) is 0 Å². The second-order valence-electron chi connectivity index (χ2n) is 2.78. The summed E-state index contributed by atoms with van der Waals surface area (Å²) in [5, 5.41) is 29.9. The minimum atomic E-state index is -1.09. The summed E-state index contributed by atoms with van der Waals surface area (Å²) in [6.07, 6.45) is -2.48. The predicted octanol–water partition coefficient (Wildman–Crippen LogP) is -2.65. The number of aliphatic hydroxyl groups is 3. The smallest absolute Gasteiger partial charge is 0.134 e. The molecule has 0 aromatic carbocycles. The molecule has 11 heavy (non-hydrogen) atoms. The van der Waals surface area contributed by atoms with Crippen LogP contribution in [0, 0.1) is 0 Å². The lowest BCUT2D eigenvalue weighted by Gasteiger charge is -2.13. The Labute approximate surface area is 64.8 Å². The molecule has 1 aliphatic rings. The van der Waals surface area contributed by atoms with Crippen molar-refractivity contribution >= 4 is 0 Å². The Morgan fingerprint density at radius 2 is 1.82 bits per heavy atom. The van der Waals surface area contributed by atoms with Crippen molar-refractivity contribution in [2.45, 2.75) is 30.9 Å². The van der Waals surface area contributed by atoms with E-state index in [1.165, 1.54) is 0 Å². The van der Waals surface area contributed by atoms with E-state index >= 15 is 0 Å². The first-order chi connectivity index (χ1) is 5.16. The molecule has 0 aliphatic carbocycles. The normalized spacial score (nSPS) is 44.7. The van der Waals surface area contributed by atoms with E-state index in [4.69, 9.17) is 15.9 Å². The first-order valence-electron chi connectivity index (χ1n) is 3.67. The highest BCUT2D eigenvalue weighted by atomic mass is 16.4. The molecule has 4 atom stereocenters. The third-order valence-electron chi connectivity index (χ3n) is 1.95. The summed E-state index contributed by atoms with van der Waals surface area (Å²) in [5.74, 6) is 0. The van der Waals surface area contributed by atoms with Crippen LogP contribution in [0.4, 0.5) is 0 Å². The molecule has 0 bridgehead atoms. The molecule has 1 rings (SSSR count). The lowest BCUT2D eigenvalue weighted by molar-refractivity contribution is -0.0240. The quantitative estimate of drug-likeness (QED) is 0.305. The summed E-state index contributed by atoms with van der Waals surface area (Å²) in [6.45, 7) is 0.425. The molecule has 0 saturated carbocycles. The number of hydrogen-bond acceptors (Lipinski definition) is 5. The molecule has 0 spiro atoms. The molecular weight excluding hydrogens is 148 g/mol. The van der Waals surface area contributed by atoms with Crippen molar-refractivity contribution in [2.75, 3.05) is 6.54 Å². The van der Waals surface area contributed by atoms with Crippen molar-refractivity contribution in [1.29, 1.82) is 0 Å². The van der Waals surface area contributed by atoms with E-state index in [9.17, 15) is 5.11 Å². The SMILES string of the molecule is NCC[C@H]1NC(O)[C@H](O)[C@@H]1O. The fourth-order valence-corrected chi connectivity index (χ4v) is 1.27. The molecule has 1 aliphatic heterocycles. The molecule has 1 saturated heterocycles. The van der Waals surface area contributed by atoms with Crippen molar-refractivity contribution in [3.05, 3.63) is 0 Å². The Balaban J connectivity index is 2.45. The van der Waals surface area contributed by atoms with Gasteiger partial charge in [0.15, 0.2) is 0 Å². The summed E-state index contributed by atoms with van der Waals surface area (Å²) in [7, 11) is 0. The Hall–Kier alpha value is -0.200. The Bertz CT molecular complexity index is 133. The van der Waals surface area contributed by atoms with Crippen LogP contribution in [0.25, 0.3) is 0 Å². The number of nitrogens with two attached hydrogens (primary N) is 1. The van der Waals surface area contributed by atoms with Crippen LogP contribution < -0.4 is 11.1 Å². The summed E-state index contributed by atoms with van der Waals surface area (Å²) in [4.78, 5) is 0. The summed E-state index contributed by atoms with van der Waals surface area (Å²) < 4.78 is 0. The summed E-state index contributed by atoms with van der Waals surface area (Å²) in [6, 6.07) is -0.287. The molecule has 0 aromatic heterocycles. The topological polar surface area (TPSA) is 98.7 Å². The molecule has 5 nitrogen and oxygen atoms in total. The second kappa shape index (κ2) is 3.46. The van der Waals surface area contributed by atoms with Gasteiger partial charge in [-0.05, 0) is 13.0 Å². The molecule has 6 N–H and O–H groups in total. The largest absolute Gasteiger partial charge is 0.389 e. The number of hydrogen-bond donors (Lipinski definition) is 5. The average Bonchev–Trinajstić information content (AvgIpc) is 2.19. The molecule has 0 aromatic rings. The van der Waals surface area contributed by atoms with Gasteiger partial charge in [-0.2, -0.15) is 0 Å². The Kier molecular flexibility index (Phi) is 2.80. The van der Waals surface area contributed by atoms with Gasteiger partial charge in [0.05, 0.1) is 6.10 Å². The molecule has 1 fully saturated rings. The first kappa shape index (κ1) is 8.89. The van der Waals surface area contributed by atoms with E-state index < -0.39 is 18.4 Å². The third-order valence-corrected chi connectivity index (χ3v) is 1.95. The molecule has 1 heterocycles. The molecule has 1 unspecified atom stereocenters. The van der Waals surface area contributed by atoms with Crippen LogP contribution in [-0.4, -0.2) is 46.3 Å². The minimum absolute atomic E-state index is 0.287. The summed E-state index contributed by atoms with van der Waals surface area (Å²) >= 11 is 0. The highest BCUT2D eigenvalue weighted by molar-refractivity contribution is 4.93. The van der Waals surface area contributed by atoms with Gasteiger partial charge >= 0.3 is 0 Å². The Morgan fingerprint density at radius 1 is 1.18 bits per heavy atom. The van der Waals surface area contributed by atoms with Gasteiger partial charge in [0.1, 0.15) is 12.3 Å². The third kappa shape index (κ3) is 1.69. The van der Waals surface area contributed by atoms with Gasteiger partial charge in [-0.1, -0.05) is 0 Å². The van der Waals surface area contributed by atoms with E-state index in [-0.39, 0.29) is 6.04 Å². The van der Waals surface area contributed by atoms with Crippen LogP contribution in [0.3, 0.4) is 0 Å². The van der Waals surface area contributed by atoms with Crippen LogP contribution in [-0.2, 0) is 0 Å². The van der Waals surface area contributed by atoms with Gasteiger partial charge < -0.3 is 21.1 Å². The number of nitrogens with one attached hydrogen (secondary N) is 1. The zero-order valence-electron chi connectivity index (χ0n) is 6.14. The van der Waals surface area contributed by atoms with E-state index in [0.717, 1.165) is 0 Å². The molecule has 5 heteroatoms. The lowest BCUT2D eigenvalue weighted by atomic mass is 10.1. The average molecular weight is 162 g/mol. The fourth-order valence-electron chi connectivity index (χ4n) is 1.27. The van der Waals surface area contributed by atoms with E-state index in [0.29, 0.717) is 13.0 Å². The van der Waals surface area contributed by atoms with Gasteiger partial charge in [-0.3, -0.25) is 5.32 Å². The van der Waals surface area contributed by atoms with Gasteiger partial charge in [0.25, 0.3) is 0 Å². The highest BCUT2D eigenvalue weighted by Crippen LogP contribution is 2.14. The molecule has 0 radical (unpaired) electrons. The van der Waals surface area contributed by atoms with Crippen LogP contribution in [0.2, 0.25) is 0 Å². The van der Waals surface area contributed by atoms with Crippen molar-refractivity contribution in [3.8, 4) is 0 Å². The van der Waals surface area contributed by atoms with Gasteiger partial charge in [-0.25, -0.2) is 0 Å². The fraction of sp³-hybridized carbons (Fsp3) is 1.00. The Morgan fingerprint density at radius 3 is 2.18 bits per heavy atom. The molecule has 0 amide bonds. The van der Waals surface area contributed by atoms with Crippen molar-refractivity contribution in [1.82, 2.24) is 5.32 Å². The molecular formula is C6H14N2O3. The zero-order chi connectivity index (χ0) is 8.43. The zero-order valence-corrected chi connectivity index (χ0v) is 6.14. The van der Waals surface area contributed by atoms with Crippen molar-refractivity contribution in [2.24, 2.45) is 5.73 Å². The summed E-state index contributed by atoms with van der Waals surface area (Å²) in [5.41, 5.74) is 5.25. The maximum absolute atomic E-state index is 9.23. The minimum Gasteiger partial charge on any atom is -0.389 e. The monoisotopic (exact) mass is 162 g/mol. The van der Waals surface area contributed by atoms with Crippen molar-refractivity contribution in [3.63, 3.8) is 0 Å². The number of rotatable bonds is 2. The highest BCUT2D eigenvalue weighted by Gasteiger charge is 2.39. The standard InChI is InChI=1S/C6H14N2O3/c7-2-1-3-4(9)5(10)6(11)8-3/h3-6,8-11H,1-2,7H2/t3-,4-,5-,6?/m1/s1. The van der Waals surface area contributed by atoms with Crippen LogP contribution >= 0.6 is 0 Å². The molecule has 66 valence electrons. The number of aliphatic hydroxyl groups excluding tert-OH is 3. The van der Waals surface area contributed by atoms with E-state index in [2.05, 4.69) is 5.32 Å². The van der Waals surface area contributed by atoms with Crippen LogP contribution in [0.1, 0.15) is 6.42 Å². The predicted molar refractivity (Wildman–Crippen MR) is 38.6 cm³/mol. The van der Waals surface area contributed by atoms with Gasteiger partial charge in [0, 0.05) is 6.04 Å². The lowest BCUT2D eigenvalue weighted by Crippen LogP contribution is -2.35. The van der Waals surface area contributed by atoms with E-state index in [1.54, 1.807) is 0 Å². The van der Waals surface area contributed by atoms with Gasteiger partial charge in [-0.15, -0.1) is 0 Å². The second-order valence-corrected chi connectivity index (χ2v) is 2.78. The van der Waals surface area contributed by atoms with Crippen LogP contribution in [0.5, 0.6) is 0 Å². The van der Waals surface area contributed by atoms with Crippen LogP contribution in [0.15, 0.2) is 0 Å². The van der Waals surface area contributed by atoms with E-state index in [1.807, 2.05) is 0 Å². The maximum Gasteiger partial charge on any atom is 0.134 e.